The van der Waals surface area contributed by atoms with Crippen molar-refractivity contribution in [1.82, 2.24) is 0 Å². The molecule has 15 nitrogen and oxygen atoms in total. The van der Waals surface area contributed by atoms with Gasteiger partial charge in [-0.3, -0.25) is 0 Å². The van der Waals surface area contributed by atoms with Crippen LogP contribution in [0.3, 0.4) is 0 Å². The zero-order valence-corrected chi connectivity index (χ0v) is 33.5. The molecule has 0 heterocycles. The summed E-state index contributed by atoms with van der Waals surface area (Å²) in [6.07, 6.45) is 0. The van der Waals surface area contributed by atoms with E-state index in [1.807, 2.05) is 0 Å². The molecule has 0 saturated carbocycles. The van der Waals surface area contributed by atoms with Gasteiger partial charge in [0.05, 0.1) is 0 Å². The molecular formula is BaBiO15Ta5. The number of hydrogen-bond acceptors (Lipinski definition) is 15. The Labute approximate surface area is 214 Å². The molecule has 0 aromatic carbocycles. The molecule has 0 aliphatic heterocycles. The molecule has 0 aliphatic carbocycles. The van der Waals surface area contributed by atoms with E-state index in [1.165, 1.54) is 0 Å². The van der Waals surface area contributed by atoms with Gasteiger partial charge in [0.1, 0.15) is 0 Å². The van der Waals surface area contributed by atoms with Crippen LogP contribution in [0.25, 0.3) is 0 Å². The summed E-state index contributed by atoms with van der Waals surface area (Å²) in [5.41, 5.74) is 0. The van der Waals surface area contributed by atoms with E-state index < -0.39 is 93.9 Å². The molecule has 0 aliphatic rings. The van der Waals surface area contributed by atoms with Gasteiger partial charge in [-0.15, -0.1) is 0 Å². The van der Waals surface area contributed by atoms with Crippen molar-refractivity contribution in [3.05, 3.63) is 0 Å². The van der Waals surface area contributed by atoms with E-state index in [1.54, 1.807) is 0 Å². The number of hydrogen-bond donors (Lipinski definition) is 0. The summed E-state index contributed by atoms with van der Waals surface area (Å²) in [6.45, 7) is 0. The second-order valence-electron chi connectivity index (χ2n) is 1.12. The molecule has 0 spiro atoms. The molecule has 0 saturated heterocycles. The van der Waals surface area contributed by atoms with Gasteiger partial charge >= 0.3 is 220 Å². The van der Waals surface area contributed by atoms with E-state index in [0.29, 0.717) is 0 Å². The Morgan fingerprint density at radius 3 is 0.364 bits per heavy atom. The molecule has 0 amide bonds. The average Bonchev–Trinajstić information content (AvgIpc) is 1.94. The minimum atomic E-state index is -4.34. The van der Waals surface area contributed by atoms with Gasteiger partial charge in [0.2, 0.25) is 0 Å². The van der Waals surface area contributed by atoms with Gasteiger partial charge in [0.25, 0.3) is 0 Å². The fourth-order valence-electron chi connectivity index (χ4n) is 0. The molecule has 2 radical (unpaired) electrons. The van der Waals surface area contributed by atoms with E-state index >= 15 is 0 Å². The van der Waals surface area contributed by atoms with Gasteiger partial charge in [-0.05, 0) is 0 Å². The maximum atomic E-state index is 8.62. The SMILES string of the molecule is [Ba+2].[Bi+3].[O]=[Ta](=[O])[O-].[O]=[Ta](=[O])[O-].[O]=[Ta](=[O])[O-].[O]=[Ta](=[O])[O-].[O]=[Ta](=[O])[O-]. The van der Waals surface area contributed by atoms with Crippen molar-refractivity contribution in [3.63, 3.8) is 0 Å². The van der Waals surface area contributed by atoms with Crippen LogP contribution in [0.4, 0.5) is 0 Å². The summed E-state index contributed by atoms with van der Waals surface area (Å²) in [6, 6.07) is 0. The van der Waals surface area contributed by atoms with Gasteiger partial charge < -0.3 is 0 Å². The fourth-order valence-corrected chi connectivity index (χ4v) is 0. The van der Waals surface area contributed by atoms with Crippen molar-refractivity contribution in [2.75, 3.05) is 0 Å². The van der Waals surface area contributed by atoms with Gasteiger partial charge in [-0.2, -0.15) is 0 Å². The van der Waals surface area contributed by atoms with Gasteiger partial charge in [-0.1, -0.05) is 0 Å². The minimum absolute atomic E-state index is 0. The predicted molar refractivity (Wildman–Crippen MR) is 18.4 cm³/mol. The van der Waals surface area contributed by atoms with Crippen molar-refractivity contribution in [2.24, 2.45) is 0 Å². The Morgan fingerprint density at radius 1 is 0.364 bits per heavy atom. The Morgan fingerprint density at radius 2 is 0.364 bits per heavy atom. The maximum absolute atomic E-state index is 8.62. The van der Waals surface area contributed by atoms with Crippen molar-refractivity contribution in [1.29, 1.82) is 0 Å². The summed E-state index contributed by atoms with van der Waals surface area (Å²) < 4.78 is 129. The molecule has 0 fully saturated rings. The molecule has 0 aromatic heterocycles. The van der Waals surface area contributed by atoms with Gasteiger partial charge in [0.15, 0.2) is 0 Å². The third-order valence-electron chi connectivity index (χ3n) is 0. The molecule has 22 heavy (non-hydrogen) atoms. The standard InChI is InChI=1S/Ba.Bi.15O.5Ta/q+2;+3;;;;;;;;;;;5*-1;;;;;. The van der Waals surface area contributed by atoms with Crippen LogP contribution in [0, 0.1) is 0 Å². The molecule has 0 N–H and O–H groups in total. The average molecular weight is 1490 g/mol. The molecule has 0 bridgehead atoms. The van der Waals surface area contributed by atoms with Gasteiger partial charge in [-0.25, -0.2) is 0 Å². The Bertz CT molecular complexity index is 386. The van der Waals surface area contributed by atoms with Crippen LogP contribution < -0.4 is 18.1 Å². The van der Waals surface area contributed by atoms with Crippen LogP contribution in [0.2, 0.25) is 0 Å². The van der Waals surface area contributed by atoms with Crippen LogP contribution in [0.5, 0.6) is 0 Å². The third kappa shape index (κ3) is 807. The first-order valence-corrected chi connectivity index (χ1v) is 22.4. The summed E-state index contributed by atoms with van der Waals surface area (Å²) in [7, 11) is 0. The fraction of sp³-hybridized carbons (Fsp3) is 0. The zero-order chi connectivity index (χ0) is 17.9. The number of rotatable bonds is 0. The van der Waals surface area contributed by atoms with Crippen LogP contribution in [-0.4, -0.2) is 75.1 Å². The van der Waals surface area contributed by atoms with Crippen molar-refractivity contribution in [2.45, 2.75) is 0 Å². The summed E-state index contributed by atoms with van der Waals surface area (Å²) in [5, 5.41) is 0. The topological polar surface area (TPSA) is 286 Å². The normalized spacial score (nSPS) is 5.68. The second kappa shape index (κ2) is 39.9. The Hall–Kier alpha value is 3.96. The van der Waals surface area contributed by atoms with Crippen LogP contribution >= 0.6 is 0 Å². The molecule has 0 aromatic rings. The van der Waals surface area contributed by atoms with Gasteiger partial charge in [0, 0.05) is 0 Å². The summed E-state index contributed by atoms with van der Waals surface area (Å²) in [5.74, 6) is 0. The molecule has 0 atom stereocenters. The molecule has 122 valence electrons. The van der Waals surface area contributed by atoms with E-state index in [0.717, 1.165) is 0 Å². The molecule has 0 rings (SSSR count). The predicted octanol–water partition coefficient (Wildman–Crippen LogP) is -7.91. The quantitative estimate of drug-likeness (QED) is 0.204. The first-order valence-electron chi connectivity index (χ1n) is 2.74. The van der Waals surface area contributed by atoms with Crippen molar-refractivity contribution in [3.8, 4) is 0 Å². The molecule has 0 unspecified atom stereocenters. The summed E-state index contributed by atoms with van der Waals surface area (Å²) >= 11 is -21.7. The first-order chi connectivity index (χ1) is 8.66. The molecule has 22 heteroatoms. The van der Waals surface area contributed by atoms with Crippen LogP contribution in [0.15, 0.2) is 0 Å². The molecular weight excluding hydrogens is 1490 g/mol. The summed E-state index contributed by atoms with van der Waals surface area (Å²) in [4.78, 5) is 0. The van der Waals surface area contributed by atoms with Crippen molar-refractivity contribution < 1.29 is 145 Å². The Balaban J connectivity index is -0.0000000250. The van der Waals surface area contributed by atoms with E-state index in [4.69, 9.17) is 50.6 Å². The second-order valence-corrected chi connectivity index (χ2v) is 9.15. The van der Waals surface area contributed by atoms with Crippen LogP contribution in [-0.2, 0) is 126 Å². The van der Waals surface area contributed by atoms with E-state index in [9.17, 15) is 0 Å². The van der Waals surface area contributed by atoms with E-state index in [2.05, 4.69) is 0 Å². The monoisotopic (exact) mass is 1490 g/mol. The van der Waals surface area contributed by atoms with Crippen molar-refractivity contribution >= 4 is 75.1 Å². The van der Waals surface area contributed by atoms with E-state index in [-0.39, 0.29) is 75.1 Å². The third-order valence-corrected chi connectivity index (χ3v) is 0. The first kappa shape index (κ1) is 45.0. The zero-order valence-electron chi connectivity index (χ0n) is 9.51. The Kier molecular flexibility index (Phi) is 81.5. The van der Waals surface area contributed by atoms with Crippen LogP contribution in [0.1, 0.15) is 0 Å².